The van der Waals surface area contributed by atoms with E-state index in [2.05, 4.69) is 15.0 Å². The summed E-state index contributed by atoms with van der Waals surface area (Å²) in [5.41, 5.74) is 7.42. The smallest absolute Gasteiger partial charge is 0.263 e. The zero-order chi connectivity index (χ0) is 31.8. The Kier molecular flexibility index (Phi) is 9.66. The summed E-state index contributed by atoms with van der Waals surface area (Å²) in [7, 11) is -2.71. The van der Waals surface area contributed by atoms with Gasteiger partial charge in [-0.25, -0.2) is 22.2 Å². The Morgan fingerprint density at radius 3 is 2.52 bits per heavy atom. The van der Waals surface area contributed by atoms with E-state index in [1.54, 1.807) is 18.0 Å². The first kappa shape index (κ1) is 32.4. The lowest BCUT2D eigenvalue weighted by molar-refractivity contribution is 0.191. The van der Waals surface area contributed by atoms with E-state index < -0.39 is 27.3 Å². The Balaban J connectivity index is 1.52. The number of hydrogen-bond acceptors (Lipinski definition) is 7. The molecule has 44 heavy (non-hydrogen) atoms. The fraction of sp³-hybridized carbons (Fsp3) is 0.400. The van der Waals surface area contributed by atoms with Gasteiger partial charge >= 0.3 is 0 Å². The van der Waals surface area contributed by atoms with Crippen molar-refractivity contribution in [1.82, 2.24) is 20.1 Å². The van der Waals surface area contributed by atoms with E-state index in [0.29, 0.717) is 18.0 Å². The lowest BCUT2D eigenvalue weighted by atomic mass is 9.81. The molecule has 5 rings (SSSR count). The summed E-state index contributed by atoms with van der Waals surface area (Å²) in [6, 6.07) is 5.78. The lowest BCUT2D eigenvalue weighted by Crippen LogP contribution is -2.34. The molecule has 2 heterocycles. The van der Waals surface area contributed by atoms with Crippen molar-refractivity contribution in [2.24, 2.45) is 0 Å². The van der Waals surface area contributed by atoms with Crippen molar-refractivity contribution in [3.8, 4) is 11.3 Å². The number of hydrogen-bond donors (Lipinski definition) is 3. The Morgan fingerprint density at radius 2 is 1.84 bits per heavy atom. The number of halogens is 4. The minimum absolute atomic E-state index is 0.113. The summed E-state index contributed by atoms with van der Waals surface area (Å²) >= 11 is 12.0. The molecule has 14 heteroatoms. The van der Waals surface area contributed by atoms with Crippen LogP contribution in [-0.4, -0.2) is 49.5 Å². The predicted octanol–water partition coefficient (Wildman–Crippen LogP) is 6.91. The number of nitrogens with two attached hydrogens (primary N) is 1. The van der Waals surface area contributed by atoms with E-state index in [9.17, 15) is 8.42 Å². The van der Waals surface area contributed by atoms with Crippen LogP contribution < -0.4 is 15.8 Å². The fourth-order valence-electron chi connectivity index (χ4n) is 5.74. The molecule has 1 aliphatic rings. The van der Waals surface area contributed by atoms with Crippen LogP contribution >= 0.6 is 23.2 Å². The van der Waals surface area contributed by atoms with Gasteiger partial charge in [-0.2, -0.15) is 5.10 Å². The van der Waals surface area contributed by atoms with Crippen LogP contribution in [0.2, 0.25) is 10.0 Å². The van der Waals surface area contributed by atoms with Gasteiger partial charge < -0.3 is 15.8 Å². The van der Waals surface area contributed by atoms with Crippen molar-refractivity contribution in [2.75, 3.05) is 30.7 Å². The Morgan fingerprint density at radius 1 is 1.11 bits per heavy atom. The van der Waals surface area contributed by atoms with Crippen molar-refractivity contribution in [1.29, 1.82) is 0 Å². The van der Waals surface area contributed by atoms with Crippen LogP contribution in [0.5, 0.6) is 0 Å². The summed E-state index contributed by atoms with van der Waals surface area (Å²) in [4.78, 5) is 4.08. The maximum absolute atomic E-state index is 15.8. The van der Waals surface area contributed by atoms with Crippen LogP contribution in [0.4, 0.5) is 20.3 Å². The molecule has 0 unspecified atom stereocenters. The summed E-state index contributed by atoms with van der Waals surface area (Å²) in [5.74, 6) is -1.59. The number of pyridine rings is 1. The molecule has 0 bridgehead atoms. The standard InChI is InChI=1S/C30H34Cl2F2N6O3S/c1-16(2)40-29-21(17-4-7-19(8-5-17)36-10-11-43-3)15-37-30(35)27(29)28(38-40)20-13-24(34)25(14-23(20)33)39-44(41,42)26-12-18(31)6-9-22(26)32/h6,9,12-17,19,36,39H,4-5,7-8,10-11H2,1-3H3,(H2,35,37). The van der Waals surface area contributed by atoms with Gasteiger partial charge in [0.25, 0.3) is 10.0 Å². The van der Waals surface area contributed by atoms with Crippen LogP contribution in [0, 0.1) is 11.6 Å². The Hall–Kier alpha value is -3.03. The zero-order valence-electron chi connectivity index (χ0n) is 24.5. The van der Waals surface area contributed by atoms with E-state index in [1.807, 2.05) is 13.8 Å². The van der Waals surface area contributed by atoms with Gasteiger partial charge in [0.05, 0.1) is 28.2 Å². The van der Waals surface area contributed by atoms with Crippen LogP contribution in [-0.2, 0) is 14.8 Å². The molecule has 4 aromatic rings. The molecule has 0 radical (unpaired) electrons. The van der Waals surface area contributed by atoms with E-state index in [-0.39, 0.29) is 44.0 Å². The number of nitrogens with zero attached hydrogens (tertiary/aromatic N) is 3. The maximum atomic E-state index is 15.8. The molecular formula is C30H34Cl2F2N6O3S. The highest BCUT2D eigenvalue weighted by molar-refractivity contribution is 7.92. The largest absolute Gasteiger partial charge is 0.383 e. The summed E-state index contributed by atoms with van der Waals surface area (Å²) in [5, 5.41) is 8.65. The van der Waals surface area contributed by atoms with Crippen molar-refractivity contribution < 1.29 is 21.9 Å². The highest BCUT2D eigenvalue weighted by atomic mass is 35.5. The molecule has 1 aliphatic carbocycles. The minimum Gasteiger partial charge on any atom is -0.383 e. The molecule has 1 saturated carbocycles. The van der Waals surface area contributed by atoms with Gasteiger partial charge in [0, 0.05) is 48.6 Å². The van der Waals surface area contributed by atoms with Gasteiger partial charge in [0.15, 0.2) is 0 Å². The van der Waals surface area contributed by atoms with Crippen LogP contribution in [0.25, 0.3) is 22.2 Å². The van der Waals surface area contributed by atoms with Gasteiger partial charge in [-0.15, -0.1) is 0 Å². The first-order chi connectivity index (χ1) is 20.9. The number of ether oxygens (including phenoxy) is 1. The zero-order valence-corrected chi connectivity index (χ0v) is 26.8. The van der Waals surface area contributed by atoms with Crippen molar-refractivity contribution in [3.63, 3.8) is 0 Å². The van der Waals surface area contributed by atoms with Crippen LogP contribution in [0.3, 0.4) is 0 Å². The number of nitrogen functional groups attached to an aromatic ring is 1. The number of aromatic nitrogens is 3. The molecule has 0 spiro atoms. The third kappa shape index (κ3) is 6.50. The first-order valence-electron chi connectivity index (χ1n) is 14.3. The second kappa shape index (κ2) is 13.1. The van der Waals surface area contributed by atoms with Gasteiger partial charge in [0.2, 0.25) is 0 Å². The van der Waals surface area contributed by atoms with Crippen LogP contribution in [0.15, 0.2) is 41.4 Å². The number of methoxy groups -OCH3 is 1. The summed E-state index contributed by atoms with van der Waals surface area (Å²) in [6.45, 7) is 5.34. The van der Waals surface area contributed by atoms with Gasteiger partial charge in [-0.05, 0) is 75.3 Å². The highest BCUT2D eigenvalue weighted by Gasteiger charge is 2.29. The summed E-state index contributed by atoms with van der Waals surface area (Å²) in [6.07, 6.45) is 5.54. The molecule has 2 aromatic carbocycles. The molecule has 4 N–H and O–H groups in total. The quantitative estimate of drug-likeness (QED) is 0.157. The van der Waals surface area contributed by atoms with Gasteiger partial charge in [-0.3, -0.25) is 9.40 Å². The average molecular weight is 668 g/mol. The third-order valence-corrected chi connectivity index (χ3v) is 10.00. The molecular weight excluding hydrogens is 633 g/mol. The van der Waals surface area contributed by atoms with Crippen molar-refractivity contribution in [2.45, 2.75) is 62.4 Å². The second-order valence-electron chi connectivity index (χ2n) is 11.2. The number of sulfonamides is 1. The molecule has 0 aliphatic heterocycles. The molecule has 2 aromatic heterocycles. The monoisotopic (exact) mass is 666 g/mol. The van der Waals surface area contributed by atoms with Crippen molar-refractivity contribution >= 4 is 55.6 Å². The van der Waals surface area contributed by atoms with Gasteiger partial charge in [-0.1, -0.05) is 23.2 Å². The summed E-state index contributed by atoms with van der Waals surface area (Å²) < 4.78 is 66.2. The predicted molar refractivity (Wildman–Crippen MR) is 170 cm³/mol. The van der Waals surface area contributed by atoms with Crippen LogP contribution in [0.1, 0.15) is 57.1 Å². The lowest BCUT2D eigenvalue weighted by Gasteiger charge is -2.30. The van der Waals surface area contributed by atoms with E-state index in [1.165, 1.54) is 12.1 Å². The Labute approximate surface area is 265 Å². The third-order valence-electron chi connectivity index (χ3n) is 7.92. The minimum atomic E-state index is -4.39. The number of benzene rings is 2. The maximum Gasteiger partial charge on any atom is 0.263 e. The van der Waals surface area contributed by atoms with E-state index >= 15 is 8.78 Å². The van der Waals surface area contributed by atoms with E-state index in [4.69, 9.17) is 38.8 Å². The number of anilines is 2. The number of fused-ring (bicyclic) bond motifs is 1. The Bertz CT molecular complexity index is 1790. The average Bonchev–Trinajstić information content (AvgIpc) is 3.38. The molecule has 236 valence electrons. The van der Waals surface area contributed by atoms with Gasteiger partial charge in [0.1, 0.15) is 28.0 Å². The fourth-order valence-corrected chi connectivity index (χ4v) is 7.56. The number of nitrogens with one attached hydrogen (secondary N) is 2. The van der Waals surface area contributed by atoms with Crippen molar-refractivity contribution in [3.05, 3.63) is 63.8 Å². The normalized spacial score (nSPS) is 17.5. The molecule has 0 amide bonds. The number of rotatable bonds is 10. The second-order valence-corrected chi connectivity index (χ2v) is 13.7. The molecule has 0 saturated heterocycles. The topological polar surface area (TPSA) is 124 Å². The molecule has 9 nitrogen and oxygen atoms in total. The van der Waals surface area contributed by atoms with E-state index in [0.717, 1.165) is 61.5 Å². The SMILES string of the molecule is COCCNC1CCC(c2cnc(N)c3c(-c4cc(F)c(NS(=O)(=O)c5cc(Cl)ccc5Cl)cc4F)nn(C(C)C)c23)CC1. The highest BCUT2D eigenvalue weighted by Crippen LogP contribution is 2.42. The molecule has 0 atom stereocenters. The molecule has 1 fully saturated rings. The first-order valence-corrected chi connectivity index (χ1v) is 16.5.